The normalized spacial score (nSPS) is 10.1. The van der Waals surface area contributed by atoms with Crippen LogP contribution in [-0.4, -0.2) is 10.8 Å². The third kappa shape index (κ3) is 1.87. The minimum atomic E-state index is -0.137. The molecule has 0 fully saturated rings. The fourth-order valence-electron chi connectivity index (χ4n) is 1.94. The lowest BCUT2D eigenvalue weighted by Gasteiger charge is -2.10. The molecule has 0 aliphatic heterocycles. The number of Topliss-reactive ketones (excluding diaryl/α,β-unsaturated/α-hetero) is 1. The van der Waals surface area contributed by atoms with Crippen molar-refractivity contribution in [2.45, 2.75) is 13.8 Å². The lowest BCUT2D eigenvalue weighted by atomic mass is 9.97. The summed E-state index contributed by atoms with van der Waals surface area (Å²) in [7, 11) is 0. The maximum absolute atomic E-state index is 11.8. The van der Waals surface area contributed by atoms with Gasteiger partial charge in [0.1, 0.15) is 16.5 Å². The summed E-state index contributed by atoms with van der Waals surface area (Å²) in [5.74, 6) is 0.335. The van der Waals surface area contributed by atoms with Gasteiger partial charge in [0.25, 0.3) is 0 Å². The Morgan fingerprint density at radius 2 is 2.28 bits per heavy atom. The summed E-state index contributed by atoms with van der Waals surface area (Å²) in [4.78, 5) is 14.6. The number of furan rings is 1. The van der Waals surface area contributed by atoms with Gasteiger partial charge in [-0.15, -0.1) is 0 Å². The average molecular weight is 258 g/mol. The first-order chi connectivity index (χ1) is 8.56. The average Bonchev–Trinajstić information content (AvgIpc) is 2.80. The molecular weight excluding hydrogens is 248 g/mol. The molecule has 0 bridgehead atoms. The van der Waals surface area contributed by atoms with E-state index in [1.165, 1.54) is 13.2 Å². The van der Waals surface area contributed by atoms with Gasteiger partial charge in [-0.3, -0.25) is 4.79 Å². The predicted octanol–water partition coefficient (Wildman–Crippen LogP) is 3.39. The van der Waals surface area contributed by atoms with E-state index < -0.39 is 0 Å². The van der Waals surface area contributed by atoms with E-state index in [9.17, 15) is 10.1 Å². The van der Waals surface area contributed by atoms with Gasteiger partial charge in [0.15, 0.2) is 5.78 Å². The topological polar surface area (TPSA) is 69.8 Å². The Morgan fingerprint density at radius 3 is 2.78 bits per heavy atom. The smallest absolute Gasteiger partial charge is 0.162 e. The van der Waals surface area contributed by atoms with Crippen LogP contribution in [0.5, 0.6) is 0 Å². The Kier molecular flexibility index (Phi) is 3.13. The molecule has 0 aliphatic rings. The number of aryl methyl sites for hydroxylation is 1. The molecule has 0 saturated heterocycles. The largest absolute Gasteiger partial charge is 0.464 e. The van der Waals surface area contributed by atoms with Gasteiger partial charge in [0.05, 0.1) is 17.4 Å². The van der Waals surface area contributed by atoms with Crippen molar-refractivity contribution in [3.05, 3.63) is 39.9 Å². The van der Waals surface area contributed by atoms with Crippen LogP contribution in [0.3, 0.4) is 0 Å². The van der Waals surface area contributed by atoms with E-state index in [1.807, 2.05) is 6.07 Å². The molecule has 90 valence electrons. The number of rotatable bonds is 2. The molecule has 0 atom stereocenters. The van der Waals surface area contributed by atoms with Crippen molar-refractivity contribution < 1.29 is 9.21 Å². The molecule has 5 heteroatoms. The quantitative estimate of drug-likeness (QED) is 0.662. The molecule has 2 heterocycles. The molecular formula is C13H10N2O2S. The van der Waals surface area contributed by atoms with Crippen molar-refractivity contribution >= 4 is 18.0 Å². The summed E-state index contributed by atoms with van der Waals surface area (Å²) in [5.41, 5.74) is 1.81. The molecule has 0 radical (unpaired) electrons. The van der Waals surface area contributed by atoms with E-state index in [4.69, 9.17) is 16.6 Å². The molecule has 0 saturated carbocycles. The SMILES string of the molecule is CC(=O)c1c(C)[nH]c(=S)c(C#N)c1-c1ccco1. The minimum absolute atomic E-state index is 0.137. The van der Waals surface area contributed by atoms with Crippen LogP contribution in [0.15, 0.2) is 22.8 Å². The number of pyridine rings is 1. The lowest BCUT2D eigenvalue weighted by molar-refractivity contribution is 0.101. The Balaban J connectivity index is 2.96. The van der Waals surface area contributed by atoms with Crippen LogP contribution in [0.25, 0.3) is 11.3 Å². The molecule has 0 amide bonds. The predicted molar refractivity (Wildman–Crippen MR) is 68.8 cm³/mol. The highest BCUT2D eigenvalue weighted by atomic mass is 32.1. The van der Waals surface area contributed by atoms with Crippen molar-refractivity contribution in [1.29, 1.82) is 5.26 Å². The zero-order valence-electron chi connectivity index (χ0n) is 9.90. The molecule has 0 spiro atoms. The number of hydrogen-bond donors (Lipinski definition) is 1. The first-order valence-electron chi connectivity index (χ1n) is 5.28. The van der Waals surface area contributed by atoms with E-state index in [0.29, 0.717) is 27.2 Å². The third-order valence-corrected chi connectivity index (χ3v) is 2.94. The number of carbonyl (C=O) groups is 1. The van der Waals surface area contributed by atoms with E-state index in [2.05, 4.69) is 4.98 Å². The Morgan fingerprint density at radius 1 is 1.56 bits per heavy atom. The fraction of sp³-hybridized carbons (Fsp3) is 0.154. The molecule has 2 aromatic rings. The van der Waals surface area contributed by atoms with Gasteiger partial charge >= 0.3 is 0 Å². The number of ketones is 1. The first-order valence-corrected chi connectivity index (χ1v) is 5.69. The number of nitrogens with one attached hydrogen (secondary N) is 1. The standard InChI is InChI=1S/C13H10N2O2S/c1-7-11(8(2)16)12(10-4-3-5-17-10)9(6-14)13(18)15-7/h3-5H,1-2H3,(H,15,18). The Bertz CT molecular complexity index is 706. The molecule has 1 N–H and O–H groups in total. The Hall–Kier alpha value is -2.19. The van der Waals surface area contributed by atoms with Crippen LogP contribution in [-0.2, 0) is 0 Å². The zero-order valence-corrected chi connectivity index (χ0v) is 10.7. The summed E-state index contributed by atoms with van der Waals surface area (Å²) in [5, 5.41) is 9.21. The highest BCUT2D eigenvalue weighted by molar-refractivity contribution is 7.71. The monoisotopic (exact) mass is 258 g/mol. The van der Waals surface area contributed by atoms with Gasteiger partial charge in [-0.2, -0.15) is 5.26 Å². The molecule has 0 unspecified atom stereocenters. The summed E-state index contributed by atoms with van der Waals surface area (Å²) in [6, 6.07) is 5.44. The van der Waals surface area contributed by atoms with E-state index >= 15 is 0 Å². The van der Waals surface area contributed by atoms with Crippen LogP contribution in [0.1, 0.15) is 28.5 Å². The number of nitriles is 1. The van der Waals surface area contributed by atoms with Gasteiger partial charge in [-0.05, 0) is 26.0 Å². The summed E-state index contributed by atoms with van der Waals surface area (Å²) < 4.78 is 5.61. The van der Waals surface area contributed by atoms with E-state index in [0.717, 1.165) is 0 Å². The van der Waals surface area contributed by atoms with E-state index in [1.54, 1.807) is 19.1 Å². The van der Waals surface area contributed by atoms with Gasteiger partial charge < -0.3 is 9.40 Å². The maximum atomic E-state index is 11.8. The molecule has 0 aromatic carbocycles. The van der Waals surface area contributed by atoms with Crippen molar-refractivity contribution in [2.24, 2.45) is 0 Å². The fourth-order valence-corrected chi connectivity index (χ4v) is 2.24. The van der Waals surface area contributed by atoms with E-state index in [-0.39, 0.29) is 11.3 Å². The Labute approximate surface area is 109 Å². The van der Waals surface area contributed by atoms with Gasteiger partial charge in [-0.25, -0.2) is 0 Å². The molecule has 4 nitrogen and oxygen atoms in total. The highest BCUT2D eigenvalue weighted by Gasteiger charge is 2.20. The second kappa shape index (κ2) is 4.59. The number of nitrogens with zero attached hydrogens (tertiary/aromatic N) is 1. The second-order valence-electron chi connectivity index (χ2n) is 3.85. The number of carbonyl (C=O) groups excluding carboxylic acids is 1. The lowest BCUT2D eigenvalue weighted by Crippen LogP contribution is -2.05. The third-order valence-electron chi connectivity index (χ3n) is 2.63. The number of H-pyrrole nitrogens is 1. The molecule has 2 aromatic heterocycles. The molecule has 2 rings (SSSR count). The molecule has 0 aliphatic carbocycles. The molecule has 18 heavy (non-hydrogen) atoms. The van der Waals surface area contributed by atoms with Gasteiger partial charge in [-0.1, -0.05) is 12.2 Å². The summed E-state index contributed by atoms with van der Waals surface area (Å²) in [6.07, 6.45) is 1.50. The number of hydrogen-bond acceptors (Lipinski definition) is 4. The van der Waals surface area contributed by atoms with Gasteiger partial charge in [0, 0.05) is 11.3 Å². The number of aromatic nitrogens is 1. The van der Waals surface area contributed by atoms with Crippen molar-refractivity contribution in [2.75, 3.05) is 0 Å². The van der Waals surface area contributed by atoms with Crippen LogP contribution in [0, 0.1) is 22.9 Å². The van der Waals surface area contributed by atoms with Crippen LogP contribution >= 0.6 is 12.2 Å². The summed E-state index contributed by atoms with van der Waals surface area (Å²) in [6.45, 7) is 3.20. The van der Waals surface area contributed by atoms with Gasteiger partial charge in [0.2, 0.25) is 0 Å². The van der Waals surface area contributed by atoms with Crippen LogP contribution < -0.4 is 0 Å². The van der Waals surface area contributed by atoms with Crippen LogP contribution in [0.4, 0.5) is 0 Å². The van der Waals surface area contributed by atoms with Crippen molar-refractivity contribution in [1.82, 2.24) is 4.98 Å². The number of aromatic amines is 1. The summed E-state index contributed by atoms with van der Waals surface area (Å²) >= 11 is 5.12. The van der Waals surface area contributed by atoms with Crippen molar-refractivity contribution in [3.63, 3.8) is 0 Å². The highest BCUT2D eigenvalue weighted by Crippen LogP contribution is 2.30. The van der Waals surface area contributed by atoms with Crippen molar-refractivity contribution in [3.8, 4) is 17.4 Å². The zero-order chi connectivity index (χ0) is 13.3. The first kappa shape index (κ1) is 12.3. The second-order valence-corrected chi connectivity index (χ2v) is 4.26. The minimum Gasteiger partial charge on any atom is -0.464 e. The van der Waals surface area contributed by atoms with Crippen LogP contribution in [0.2, 0.25) is 0 Å². The maximum Gasteiger partial charge on any atom is 0.162 e.